The number of carbonyl (C=O) groups is 1. The van der Waals surface area contributed by atoms with E-state index in [2.05, 4.69) is 5.32 Å². The van der Waals surface area contributed by atoms with E-state index in [1.807, 2.05) is 62.4 Å². The summed E-state index contributed by atoms with van der Waals surface area (Å²) in [6.07, 6.45) is 0.783. The fourth-order valence-corrected chi connectivity index (χ4v) is 2.07. The van der Waals surface area contributed by atoms with Crippen LogP contribution in [0.4, 0.5) is 0 Å². The highest BCUT2D eigenvalue weighted by Gasteiger charge is 2.08. The van der Waals surface area contributed by atoms with E-state index in [0.717, 1.165) is 28.9 Å². The monoisotopic (exact) mass is 283 g/mol. The Labute approximate surface area is 126 Å². The normalized spacial score (nSPS) is 10.2. The van der Waals surface area contributed by atoms with Crippen molar-refractivity contribution in [1.82, 2.24) is 5.32 Å². The average Bonchev–Trinajstić information content (AvgIpc) is 2.50. The van der Waals surface area contributed by atoms with Gasteiger partial charge in [-0.05, 0) is 49.6 Å². The SMILES string of the molecule is Cc1cccc(C(=O)NCCCOc2ccccc2)c1C. The lowest BCUT2D eigenvalue weighted by Crippen LogP contribution is -2.26. The lowest BCUT2D eigenvalue weighted by molar-refractivity contribution is 0.0951. The molecule has 1 N–H and O–H groups in total. The Morgan fingerprint density at radius 3 is 2.57 bits per heavy atom. The molecule has 0 radical (unpaired) electrons. The van der Waals surface area contributed by atoms with Gasteiger partial charge in [0.05, 0.1) is 6.61 Å². The number of rotatable bonds is 6. The maximum atomic E-state index is 12.1. The molecule has 0 aromatic heterocycles. The van der Waals surface area contributed by atoms with E-state index >= 15 is 0 Å². The second-order valence-electron chi connectivity index (χ2n) is 5.02. The molecule has 110 valence electrons. The minimum atomic E-state index is -0.0177. The van der Waals surface area contributed by atoms with Gasteiger partial charge in [-0.15, -0.1) is 0 Å². The lowest BCUT2D eigenvalue weighted by Gasteiger charge is -2.10. The van der Waals surface area contributed by atoms with Gasteiger partial charge in [-0.2, -0.15) is 0 Å². The van der Waals surface area contributed by atoms with Gasteiger partial charge < -0.3 is 10.1 Å². The van der Waals surface area contributed by atoms with Crippen molar-refractivity contribution in [3.63, 3.8) is 0 Å². The van der Waals surface area contributed by atoms with Gasteiger partial charge in [0.15, 0.2) is 0 Å². The molecule has 0 unspecified atom stereocenters. The van der Waals surface area contributed by atoms with Gasteiger partial charge >= 0.3 is 0 Å². The Balaban J connectivity index is 1.73. The minimum absolute atomic E-state index is 0.0177. The molecule has 2 aromatic rings. The molecule has 2 rings (SSSR count). The smallest absolute Gasteiger partial charge is 0.251 e. The molecule has 0 aliphatic heterocycles. The molecule has 3 heteroatoms. The van der Waals surface area contributed by atoms with Crippen LogP contribution in [0.25, 0.3) is 0 Å². The van der Waals surface area contributed by atoms with Crippen LogP contribution in [0, 0.1) is 13.8 Å². The van der Waals surface area contributed by atoms with Crippen molar-refractivity contribution < 1.29 is 9.53 Å². The fraction of sp³-hybridized carbons (Fsp3) is 0.278. The van der Waals surface area contributed by atoms with Crippen LogP contribution in [-0.4, -0.2) is 19.1 Å². The Morgan fingerprint density at radius 2 is 1.81 bits per heavy atom. The summed E-state index contributed by atoms with van der Waals surface area (Å²) < 4.78 is 5.59. The van der Waals surface area contributed by atoms with Gasteiger partial charge in [0.1, 0.15) is 5.75 Å². The third-order valence-electron chi connectivity index (χ3n) is 3.47. The Morgan fingerprint density at radius 1 is 1.05 bits per heavy atom. The molecule has 0 spiro atoms. The number of hydrogen-bond donors (Lipinski definition) is 1. The minimum Gasteiger partial charge on any atom is -0.494 e. The predicted molar refractivity (Wildman–Crippen MR) is 84.8 cm³/mol. The number of hydrogen-bond acceptors (Lipinski definition) is 2. The van der Waals surface area contributed by atoms with E-state index in [1.54, 1.807) is 0 Å². The summed E-state index contributed by atoms with van der Waals surface area (Å²) >= 11 is 0. The van der Waals surface area contributed by atoms with Gasteiger partial charge in [0, 0.05) is 12.1 Å². The molecule has 0 aliphatic carbocycles. The third-order valence-corrected chi connectivity index (χ3v) is 3.47. The van der Waals surface area contributed by atoms with Crippen LogP contribution in [0.2, 0.25) is 0 Å². The standard InChI is InChI=1S/C18H21NO2/c1-14-8-6-11-17(15(14)2)18(20)19-12-7-13-21-16-9-4-3-5-10-16/h3-6,8-11H,7,12-13H2,1-2H3,(H,19,20). The molecule has 0 bridgehead atoms. The fourth-order valence-electron chi connectivity index (χ4n) is 2.07. The van der Waals surface area contributed by atoms with Crippen LogP contribution in [0.1, 0.15) is 27.9 Å². The van der Waals surface area contributed by atoms with Crippen molar-refractivity contribution in [3.8, 4) is 5.75 Å². The quantitative estimate of drug-likeness (QED) is 0.824. The van der Waals surface area contributed by atoms with Gasteiger partial charge in [0.25, 0.3) is 5.91 Å². The van der Waals surface area contributed by atoms with Crippen molar-refractivity contribution >= 4 is 5.91 Å². The summed E-state index contributed by atoms with van der Waals surface area (Å²) in [6, 6.07) is 15.5. The number of benzene rings is 2. The first-order valence-electron chi connectivity index (χ1n) is 7.21. The molecule has 1 amide bonds. The highest BCUT2D eigenvalue weighted by Crippen LogP contribution is 2.12. The van der Waals surface area contributed by atoms with Crippen molar-refractivity contribution in [2.45, 2.75) is 20.3 Å². The van der Waals surface area contributed by atoms with Crippen LogP contribution in [0.5, 0.6) is 5.75 Å². The van der Waals surface area contributed by atoms with Crippen molar-refractivity contribution in [2.24, 2.45) is 0 Å². The van der Waals surface area contributed by atoms with Crippen molar-refractivity contribution in [3.05, 3.63) is 65.2 Å². The highest BCUT2D eigenvalue weighted by atomic mass is 16.5. The maximum absolute atomic E-state index is 12.1. The first-order valence-corrected chi connectivity index (χ1v) is 7.21. The van der Waals surface area contributed by atoms with Gasteiger partial charge in [-0.1, -0.05) is 30.3 Å². The largest absolute Gasteiger partial charge is 0.494 e. The summed E-state index contributed by atoms with van der Waals surface area (Å²) in [6.45, 7) is 5.19. The summed E-state index contributed by atoms with van der Waals surface area (Å²) in [5.74, 6) is 0.842. The molecule has 0 heterocycles. The molecule has 0 fully saturated rings. The second kappa shape index (κ2) is 7.48. The second-order valence-corrected chi connectivity index (χ2v) is 5.02. The Bertz CT molecular complexity index is 593. The van der Waals surface area contributed by atoms with E-state index in [9.17, 15) is 4.79 Å². The first-order chi connectivity index (χ1) is 10.2. The van der Waals surface area contributed by atoms with Crippen LogP contribution < -0.4 is 10.1 Å². The van der Waals surface area contributed by atoms with Crippen LogP contribution >= 0.6 is 0 Å². The highest BCUT2D eigenvalue weighted by molar-refractivity contribution is 5.95. The summed E-state index contributed by atoms with van der Waals surface area (Å²) in [4.78, 5) is 12.1. The molecule has 0 atom stereocenters. The molecule has 0 saturated carbocycles. The molecular weight excluding hydrogens is 262 g/mol. The van der Waals surface area contributed by atoms with E-state index in [1.165, 1.54) is 0 Å². The zero-order valence-corrected chi connectivity index (χ0v) is 12.6. The zero-order chi connectivity index (χ0) is 15.1. The van der Waals surface area contributed by atoms with Gasteiger partial charge in [0.2, 0.25) is 0 Å². The van der Waals surface area contributed by atoms with E-state index < -0.39 is 0 Å². The number of ether oxygens (including phenoxy) is 1. The molecular formula is C18H21NO2. The third kappa shape index (κ3) is 4.35. The lowest BCUT2D eigenvalue weighted by atomic mass is 10.0. The number of carbonyl (C=O) groups excluding carboxylic acids is 1. The Hall–Kier alpha value is -2.29. The van der Waals surface area contributed by atoms with E-state index in [4.69, 9.17) is 4.74 Å². The molecule has 0 saturated heterocycles. The van der Waals surface area contributed by atoms with Crippen LogP contribution in [0.15, 0.2) is 48.5 Å². The van der Waals surface area contributed by atoms with Crippen molar-refractivity contribution in [1.29, 1.82) is 0 Å². The molecule has 2 aromatic carbocycles. The molecule has 3 nitrogen and oxygen atoms in total. The number of nitrogens with one attached hydrogen (secondary N) is 1. The molecule has 0 aliphatic rings. The molecule has 21 heavy (non-hydrogen) atoms. The number of aryl methyl sites for hydroxylation is 1. The number of amides is 1. The summed E-state index contributed by atoms with van der Waals surface area (Å²) in [7, 11) is 0. The van der Waals surface area contributed by atoms with Crippen molar-refractivity contribution in [2.75, 3.05) is 13.2 Å². The van der Waals surface area contributed by atoms with Crippen LogP contribution in [-0.2, 0) is 0 Å². The maximum Gasteiger partial charge on any atom is 0.251 e. The first kappa shape index (κ1) is 15.1. The summed E-state index contributed by atoms with van der Waals surface area (Å²) in [5.41, 5.74) is 2.92. The Kier molecular flexibility index (Phi) is 5.38. The predicted octanol–water partition coefficient (Wildman–Crippen LogP) is 3.50. The van der Waals surface area contributed by atoms with Gasteiger partial charge in [-0.25, -0.2) is 0 Å². The number of para-hydroxylation sites is 1. The van der Waals surface area contributed by atoms with Gasteiger partial charge in [-0.3, -0.25) is 4.79 Å². The van der Waals surface area contributed by atoms with Crippen LogP contribution in [0.3, 0.4) is 0 Å². The average molecular weight is 283 g/mol. The van der Waals surface area contributed by atoms with E-state index in [-0.39, 0.29) is 5.91 Å². The van der Waals surface area contributed by atoms with E-state index in [0.29, 0.717) is 13.2 Å². The summed E-state index contributed by atoms with van der Waals surface area (Å²) in [5, 5.41) is 2.93. The topological polar surface area (TPSA) is 38.3 Å². The zero-order valence-electron chi connectivity index (χ0n) is 12.6.